The Hall–Kier alpha value is -1.35. The highest BCUT2D eigenvalue weighted by atomic mass is 16.1. The fourth-order valence-electron chi connectivity index (χ4n) is 4.15. The van der Waals surface area contributed by atoms with Crippen LogP contribution >= 0.6 is 0 Å². The number of primary amides is 1. The zero-order valence-corrected chi connectivity index (χ0v) is 15.7. The van der Waals surface area contributed by atoms with E-state index in [0.29, 0.717) is 11.5 Å². The van der Waals surface area contributed by atoms with E-state index in [9.17, 15) is 4.79 Å². The molecule has 0 saturated heterocycles. The van der Waals surface area contributed by atoms with Crippen LogP contribution in [0.15, 0.2) is 34.9 Å². The summed E-state index contributed by atoms with van der Waals surface area (Å²) >= 11 is 0. The first-order valence-corrected chi connectivity index (χ1v) is 9.79. The SMILES string of the molecule is CC.CC1C/C=C/C(C(N)=O)=C\C2=C1CN(C1CCCCC1)CC2.[HH]. The van der Waals surface area contributed by atoms with Crippen LogP contribution in [0.3, 0.4) is 0 Å². The van der Waals surface area contributed by atoms with Crippen LogP contribution < -0.4 is 5.73 Å². The Labute approximate surface area is 149 Å². The summed E-state index contributed by atoms with van der Waals surface area (Å²) in [6, 6.07) is 0.774. The van der Waals surface area contributed by atoms with Crippen LogP contribution in [0.4, 0.5) is 0 Å². The molecule has 3 heteroatoms. The first kappa shape index (κ1) is 19.0. The Balaban J connectivity index is 0.00000101. The van der Waals surface area contributed by atoms with Crippen molar-refractivity contribution in [1.82, 2.24) is 4.90 Å². The van der Waals surface area contributed by atoms with Crippen molar-refractivity contribution in [2.75, 3.05) is 13.1 Å². The van der Waals surface area contributed by atoms with Gasteiger partial charge in [-0.15, -0.1) is 0 Å². The van der Waals surface area contributed by atoms with Crippen molar-refractivity contribution in [2.24, 2.45) is 11.7 Å². The first-order valence-electron chi connectivity index (χ1n) is 9.79. The first-order chi connectivity index (χ1) is 11.6. The molecule has 0 bridgehead atoms. The minimum absolute atomic E-state index is 0. The van der Waals surface area contributed by atoms with Crippen molar-refractivity contribution >= 4 is 5.91 Å². The van der Waals surface area contributed by atoms with Crippen molar-refractivity contribution in [3.63, 3.8) is 0 Å². The number of amides is 1. The molecule has 1 saturated carbocycles. The lowest BCUT2D eigenvalue weighted by molar-refractivity contribution is -0.114. The molecule has 3 rings (SSSR count). The molecule has 0 spiro atoms. The van der Waals surface area contributed by atoms with Crippen LogP contribution in [0.2, 0.25) is 0 Å². The topological polar surface area (TPSA) is 46.3 Å². The number of hydrogen-bond donors (Lipinski definition) is 1. The molecule has 3 nitrogen and oxygen atoms in total. The molecular weight excluding hydrogens is 296 g/mol. The summed E-state index contributed by atoms with van der Waals surface area (Å²) in [5.41, 5.74) is 9.04. The van der Waals surface area contributed by atoms with Crippen molar-refractivity contribution in [2.45, 2.75) is 71.8 Å². The minimum atomic E-state index is -0.313. The lowest BCUT2D eigenvalue weighted by atomic mass is 9.84. The van der Waals surface area contributed by atoms with Gasteiger partial charge < -0.3 is 5.73 Å². The van der Waals surface area contributed by atoms with E-state index in [1.54, 1.807) is 0 Å². The van der Waals surface area contributed by atoms with Crippen LogP contribution in [0, 0.1) is 5.92 Å². The average molecular weight is 333 g/mol. The van der Waals surface area contributed by atoms with E-state index in [4.69, 9.17) is 5.73 Å². The van der Waals surface area contributed by atoms with Gasteiger partial charge in [0.25, 0.3) is 0 Å². The Morgan fingerprint density at radius 2 is 1.96 bits per heavy atom. The van der Waals surface area contributed by atoms with E-state index in [1.165, 1.54) is 43.3 Å². The van der Waals surface area contributed by atoms with Gasteiger partial charge in [0.15, 0.2) is 0 Å². The second-order valence-corrected chi connectivity index (χ2v) is 7.07. The van der Waals surface area contributed by atoms with Crippen molar-refractivity contribution in [3.8, 4) is 0 Å². The molecule has 1 heterocycles. The third-order valence-electron chi connectivity index (χ3n) is 5.54. The van der Waals surface area contributed by atoms with Gasteiger partial charge in [0.2, 0.25) is 5.91 Å². The summed E-state index contributed by atoms with van der Waals surface area (Å²) in [6.07, 6.45) is 15.0. The molecule has 2 N–H and O–H groups in total. The number of hydrogen-bond acceptors (Lipinski definition) is 2. The maximum atomic E-state index is 11.6. The summed E-state index contributed by atoms with van der Waals surface area (Å²) < 4.78 is 0. The van der Waals surface area contributed by atoms with Gasteiger partial charge in [0.05, 0.1) is 0 Å². The number of carbonyl (C=O) groups excluding carboxylic acids is 1. The highest BCUT2D eigenvalue weighted by Gasteiger charge is 2.28. The van der Waals surface area contributed by atoms with Crippen molar-refractivity contribution in [3.05, 3.63) is 34.9 Å². The van der Waals surface area contributed by atoms with E-state index in [0.717, 1.165) is 32.0 Å². The van der Waals surface area contributed by atoms with E-state index in [-0.39, 0.29) is 7.33 Å². The van der Waals surface area contributed by atoms with Gasteiger partial charge in [-0.25, -0.2) is 0 Å². The normalized spacial score (nSPS) is 29.3. The number of carbonyl (C=O) groups is 1. The van der Waals surface area contributed by atoms with E-state index < -0.39 is 0 Å². The Bertz CT molecular complexity index is 530. The fourth-order valence-corrected chi connectivity index (χ4v) is 4.15. The highest BCUT2D eigenvalue weighted by Crippen LogP contribution is 2.33. The number of rotatable bonds is 2. The predicted molar refractivity (Wildman–Crippen MR) is 104 cm³/mol. The molecule has 1 atom stereocenters. The third kappa shape index (κ3) is 4.60. The van der Waals surface area contributed by atoms with Gasteiger partial charge in [0.1, 0.15) is 0 Å². The molecule has 2 aliphatic carbocycles. The van der Waals surface area contributed by atoms with E-state index >= 15 is 0 Å². The zero-order valence-electron chi connectivity index (χ0n) is 15.7. The molecule has 136 valence electrons. The van der Waals surface area contributed by atoms with Gasteiger partial charge in [-0.3, -0.25) is 9.69 Å². The van der Waals surface area contributed by atoms with Crippen molar-refractivity contribution < 1.29 is 6.22 Å². The van der Waals surface area contributed by atoms with Crippen LogP contribution in [0.1, 0.15) is 67.1 Å². The van der Waals surface area contributed by atoms with Crippen molar-refractivity contribution in [1.29, 1.82) is 0 Å². The molecule has 0 aromatic rings. The average Bonchev–Trinajstić information content (AvgIpc) is 2.61. The lowest BCUT2D eigenvalue weighted by Gasteiger charge is -2.40. The molecule has 3 aliphatic rings. The summed E-state index contributed by atoms with van der Waals surface area (Å²) in [6.45, 7) is 8.52. The van der Waals surface area contributed by atoms with Gasteiger partial charge in [0, 0.05) is 26.1 Å². The zero-order chi connectivity index (χ0) is 17.5. The Kier molecular flexibility index (Phi) is 7.29. The Morgan fingerprint density at radius 1 is 1.25 bits per heavy atom. The van der Waals surface area contributed by atoms with Crippen LogP contribution in [-0.2, 0) is 4.79 Å². The lowest BCUT2D eigenvalue weighted by Crippen LogP contribution is -2.42. The molecular formula is C21H36N2O. The second-order valence-electron chi connectivity index (χ2n) is 7.07. The minimum Gasteiger partial charge on any atom is -0.366 e. The summed E-state index contributed by atoms with van der Waals surface area (Å²) in [5, 5.41) is 0. The fraction of sp³-hybridized carbons (Fsp3) is 0.667. The molecule has 1 fully saturated rings. The van der Waals surface area contributed by atoms with E-state index in [1.807, 2.05) is 26.0 Å². The quantitative estimate of drug-likeness (QED) is 0.803. The maximum absolute atomic E-state index is 11.6. The Morgan fingerprint density at radius 3 is 2.62 bits per heavy atom. The molecule has 1 amide bonds. The van der Waals surface area contributed by atoms with Crippen LogP contribution in [-0.4, -0.2) is 29.9 Å². The number of nitrogens with zero attached hydrogens (tertiary/aromatic N) is 1. The molecule has 24 heavy (non-hydrogen) atoms. The van der Waals surface area contributed by atoms with Crippen LogP contribution in [0.25, 0.3) is 0 Å². The monoisotopic (exact) mass is 332 g/mol. The van der Waals surface area contributed by atoms with Gasteiger partial charge in [-0.2, -0.15) is 0 Å². The summed E-state index contributed by atoms with van der Waals surface area (Å²) in [5.74, 6) is 0.246. The smallest absolute Gasteiger partial charge is 0.248 e. The van der Waals surface area contributed by atoms with Gasteiger partial charge in [-0.05, 0) is 48.8 Å². The maximum Gasteiger partial charge on any atom is 0.248 e. The van der Waals surface area contributed by atoms with E-state index in [2.05, 4.69) is 17.9 Å². The molecule has 1 unspecified atom stereocenters. The third-order valence-corrected chi connectivity index (χ3v) is 5.54. The largest absolute Gasteiger partial charge is 0.366 e. The molecule has 0 aromatic carbocycles. The predicted octanol–water partition coefficient (Wildman–Crippen LogP) is 4.60. The van der Waals surface area contributed by atoms with Gasteiger partial charge >= 0.3 is 0 Å². The molecule has 0 aromatic heterocycles. The van der Waals surface area contributed by atoms with Crippen LogP contribution in [0.5, 0.6) is 0 Å². The number of allylic oxidation sites excluding steroid dienone is 2. The standard InChI is InChI=1S/C19H28N2O.C2H6.H2/c1-14-6-5-7-16(19(20)22)12-15-10-11-21(13-18(14)15)17-8-3-2-4-9-17;1-2;/h5,7,12,14,17H,2-4,6,8-11,13H2,1H3,(H2,20,22);1-2H3;1H/b7-5+,16-12+;;. The highest BCUT2D eigenvalue weighted by molar-refractivity contribution is 5.95. The summed E-state index contributed by atoms with van der Waals surface area (Å²) in [4.78, 5) is 14.2. The molecule has 1 aliphatic heterocycles. The second kappa shape index (κ2) is 9.22. The molecule has 0 radical (unpaired) electrons. The number of nitrogens with two attached hydrogens (primary N) is 1. The summed E-state index contributed by atoms with van der Waals surface area (Å²) in [7, 11) is 0. The van der Waals surface area contributed by atoms with Gasteiger partial charge in [-0.1, -0.05) is 52.2 Å².